The van der Waals surface area contributed by atoms with E-state index in [0.717, 1.165) is 23.5 Å². The maximum absolute atomic E-state index is 5.19. The van der Waals surface area contributed by atoms with Gasteiger partial charge >= 0.3 is 0 Å². The molecule has 0 aromatic rings. The van der Waals surface area contributed by atoms with Gasteiger partial charge in [-0.3, -0.25) is 0 Å². The highest BCUT2D eigenvalue weighted by atomic mass is 16.5. The predicted molar refractivity (Wildman–Crippen MR) is 37.7 cm³/mol. The Hall–Kier alpha value is -0.980. The van der Waals surface area contributed by atoms with Gasteiger partial charge in [0.2, 0.25) is 0 Å². The van der Waals surface area contributed by atoms with Crippen molar-refractivity contribution >= 4 is 0 Å². The Morgan fingerprint density at radius 1 is 1.56 bits per heavy atom. The second-order valence-electron chi connectivity index (χ2n) is 2.07. The lowest BCUT2D eigenvalue weighted by Gasteiger charge is -1.94. The number of allylic oxidation sites excluding steroid dienone is 3. The molecule has 1 nitrogen and oxygen atoms in total. The SMILES string of the molecule is C=C1CC(=C)/C(=C/C)O1. The molecule has 9 heavy (non-hydrogen) atoms. The molecule has 0 amide bonds. The molecule has 1 heteroatoms. The van der Waals surface area contributed by atoms with Gasteiger partial charge in [-0.25, -0.2) is 0 Å². The molecule has 1 fully saturated rings. The zero-order chi connectivity index (χ0) is 6.85. The third-order valence-corrected chi connectivity index (χ3v) is 1.28. The molecule has 1 rings (SSSR count). The van der Waals surface area contributed by atoms with Gasteiger partial charge < -0.3 is 4.74 Å². The molecule has 1 saturated heterocycles. The van der Waals surface area contributed by atoms with Crippen LogP contribution in [0, 0.1) is 0 Å². The van der Waals surface area contributed by atoms with Gasteiger partial charge in [-0.2, -0.15) is 0 Å². The van der Waals surface area contributed by atoms with E-state index in [9.17, 15) is 0 Å². The molecule has 0 unspecified atom stereocenters. The van der Waals surface area contributed by atoms with Crippen LogP contribution in [-0.4, -0.2) is 0 Å². The van der Waals surface area contributed by atoms with E-state index in [1.807, 2.05) is 13.0 Å². The van der Waals surface area contributed by atoms with Crippen molar-refractivity contribution in [2.75, 3.05) is 0 Å². The minimum Gasteiger partial charge on any atom is -0.462 e. The van der Waals surface area contributed by atoms with Gasteiger partial charge in [0.25, 0.3) is 0 Å². The van der Waals surface area contributed by atoms with Crippen LogP contribution in [0.2, 0.25) is 0 Å². The summed E-state index contributed by atoms with van der Waals surface area (Å²) >= 11 is 0. The summed E-state index contributed by atoms with van der Waals surface area (Å²) in [5.74, 6) is 1.67. The van der Waals surface area contributed by atoms with E-state index in [1.165, 1.54) is 0 Å². The Morgan fingerprint density at radius 2 is 2.22 bits per heavy atom. The van der Waals surface area contributed by atoms with E-state index in [-0.39, 0.29) is 0 Å². The fourth-order valence-electron chi connectivity index (χ4n) is 0.852. The third-order valence-electron chi connectivity index (χ3n) is 1.28. The summed E-state index contributed by atoms with van der Waals surface area (Å²) in [4.78, 5) is 0. The van der Waals surface area contributed by atoms with E-state index < -0.39 is 0 Å². The van der Waals surface area contributed by atoms with Gasteiger partial charge in [-0.15, -0.1) is 0 Å². The van der Waals surface area contributed by atoms with Crippen molar-refractivity contribution in [2.45, 2.75) is 13.3 Å². The van der Waals surface area contributed by atoms with E-state index in [1.54, 1.807) is 0 Å². The number of hydrogen-bond donors (Lipinski definition) is 0. The van der Waals surface area contributed by atoms with Crippen molar-refractivity contribution in [3.8, 4) is 0 Å². The van der Waals surface area contributed by atoms with Gasteiger partial charge in [0, 0.05) is 6.42 Å². The number of hydrogen-bond acceptors (Lipinski definition) is 1. The second kappa shape index (κ2) is 2.09. The van der Waals surface area contributed by atoms with Crippen molar-refractivity contribution in [1.82, 2.24) is 0 Å². The molecule has 48 valence electrons. The summed E-state index contributed by atoms with van der Waals surface area (Å²) in [6.07, 6.45) is 2.69. The summed E-state index contributed by atoms with van der Waals surface area (Å²) < 4.78 is 5.19. The van der Waals surface area contributed by atoms with E-state index in [0.29, 0.717) is 0 Å². The van der Waals surface area contributed by atoms with E-state index in [4.69, 9.17) is 4.74 Å². The van der Waals surface area contributed by atoms with Gasteiger partial charge in [0.15, 0.2) is 0 Å². The van der Waals surface area contributed by atoms with Crippen molar-refractivity contribution < 1.29 is 4.74 Å². The highest BCUT2D eigenvalue weighted by molar-refractivity contribution is 5.32. The monoisotopic (exact) mass is 122 g/mol. The molecule has 0 aromatic heterocycles. The fraction of sp³-hybridized carbons (Fsp3) is 0.250. The molecule has 0 N–H and O–H groups in total. The van der Waals surface area contributed by atoms with Crippen LogP contribution in [0.3, 0.4) is 0 Å². The summed E-state index contributed by atoms with van der Waals surface area (Å²) in [7, 11) is 0. The van der Waals surface area contributed by atoms with Crippen LogP contribution in [0.4, 0.5) is 0 Å². The standard InChI is InChI=1S/C8H10O/c1-4-8-6(2)5-7(3)9-8/h4H,2-3,5H2,1H3/b8-4-. The number of rotatable bonds is 0. The van der Waals surface area contributed by atoms with Gasteiger partial charge in [-0.1, -0.05) is 13.2 Å². The Kier molecular flexibility index (Phi) is 1.43. The lowest BCUT2D eigenvalue weighted by Crippen LogP contribution is -1.75. The molecule has 0 atom stereocenters. The summed E-state index contributed by atoms with van der Waals surface area (Å²) in [6.45, 7) is 9.41. The van der Waals surface area contributed by atoms with Crippen LogP contribution < -0.4 is 0 Å². The summed E-state index contributed by atoms with van der Waals surface area (Å²) in [5.41, 5.74) is 1.03. The quantitative estimate of drug-likeness (QED) is 0.479. The first kappa shape index (κ1) is 6.14. The molecule has 1 aliphatic heterocycles. The highest BCUT2D eigenvalue weighted by Crippen LogP contribution is 2.28. The third kappa shape index (κ3) is 1.04. The maximum Gasteiger partial charge on any atom is 0.125 e. The van der Waals surface area contributed by atoms with Crippen LogP contribution in [-0.2, 0) is 4.74 Å². The average molecular weight is 122 g/mol. The Bertz CT molecular complexity index is 187. The molecular formula is C8H10O. The van der Waals surface area contributed by atoms with Crippen molar-refractivity contribution in [3.05, 3.63) is 36.3 Å². The first-order valence-electron chi connectivity index (χ1n) is 2.94. The Morgan fingerprint density at radius 3 is 2.44 bits per heavy atom. The summed E-state index contributed by atoms with van der Waals surface area (Å²) in [6, 6.07) is 0. The molecule has 0 aliphatic carbocycles. The van der Waals surface area contributed by atoms with Crippen molar-refractivity contribution in [2.24, 2.45) is 0 Å². The topological polar surface area (TPSA) is 9.23 Å². The normalized spacial score (nSPS) is 23.0. The largest absolute Gasteiger partial charge is 0.462 e. The minimum absolute atomic E-state index is 0.791. The van der Waals surface area contributed by atoms with Gasteiger partial charge in [-0.05, 0) is 18.6 Å². The van der Waals surface area contributed by atoms with Crippen LogP contribution in [0.15, 0.2) is 36.3 Å². The van der Waals surface area contributed by atoms with Crippen LogP contribution in [0.5, 0.6) is 0 Å². The number of ether oxygens (including phenoxy) is 1. The zero-order valence-electron chi connectivity index (χ0n) is 5.61. The maximum atomic E-state index is 5.19. The molecule has 1 aliphatic rings. The zero-order valence-corrected chi connectivity index (χ0v) is 5.61. The Labute approximate surface area is 55.3 Å². The fourth-order valence-corrected chi connectivity index (χ4v) is 0.852. The van der Waals surface area contributed by atoms with Crippen LogP contribution in [0.1, 0.15) is 13.3 Å². The van der Waals surface area contributed by atoms with Crippen LogP contribution in [0.25, 0.3) is 0 Å². The average Bonchev–Trinajstić information content (AvgIpc) is 2.10. The van der Waals surface area contributed by atoms with Crippen molar-refractivity contribution in [1.29, 1.82) is 0 Å². The molecule has 0 bridgehead atoms. The molecule has 1 heterocycles. The molecule has 0 saturated carbocycles. The smallest absolute Gasteiger partial charge is 0.125 e. The van der Waals surface area contributed by atoms with Crippen molar-refractivity contribution in [3.63, 3.8) is 0 Å². The molecule has 0 radical (unpaired) electrons. The first-order valence-corrected chi connectivity index (χ1v) is 2.94. The molecule has 0 spiro atoms. The van der Waals surface area contributed by atoms with E-state index in [2.05, 4.69) is 13.2 Å². The van der Waals surface area contributed by atoms with Crippen LogP contribution >= 0.6 is 0 Å². The molecule has 0 aromatic carbocycles. The van der Waals surface area contributed by atoms with E-state index >= 15 is 0 Å². The lowest BCUT2D eigenvalue weighted by molar-refractivity contribution is 0.346. The Balaban J connectivity index is 2.81. The first-order chi connectivity index (χ1) is 4.24. The predicted octanol–water partition coefficient (Wildman–Crippen LogP) is 2.38. The highest BCUT2D eigenvalue weighted by Gasteiger charge is 2.14. The lowest BCUT2D eigenvalue weighted by atomic mass is 10.2. The van der Waals surface area contributed by atoms with Gasteiger partial charge in [0.1, 0.15) is 11.5 Å². The molecular weight excluding hydrogens is 112 g/mol. The summed E-state index contributed by atoms with van der Waals surface area (Å²) in [5, 5.41) is 0. The van der Waals surface area contributed by atoms with Gasteiger partial charge in [0.05, 0.1) is 0 Å². The second-order valence-corrected chi connectivity index (χ2v) is 2.07. The minimum atomic E-state index is 0.791.